The first-order valence-electron chi connectivity index (χ1n) is 14.1. The van der Waals surface area contributed by atoms with Crippen LogP contribution in [0.25, 0.3) is 0 Å². The number of Topliss-reactive ketones (excluding diaryl/α,β-unsaturated/α-hetero) is 2. The second-order valence-corrected chi connectivity index (χ2v) is 11.9. The maximum Gasteiger partial charge on any atom is 0.222 e. The molecule has 1 aromatic carbocycles. The molecule has 3 aliphatic heterocycles. The highest BCUT2D eigenvalue weighted by Gasteiger charge is 2.57. The van der Waals surface area contributed by atoms with Crippen molar-refractivity contribution in [3.8, 4) is 17.9 Å². The van der Waals surface area contributed by atoms with E-state index < -0.39 is 12.1 Å². The molecule has 4 aliphatic rings. The summed E-state index contributed by atoms with van der Waals surface area (Å²) in [7, 11) is 1.98. The smallest absolute Gasteiger partial charge is 0.222 e. The molecule has 9 heteroatoms. The van der Waals surface area contributed by atoms with Crippen molar-refractivity contribution in [1.29, 1.82) is 10.5 Å². The number of hydrogen-bond donors (Lipinski definition) is 2. The lowest BCUT2D eigenvalue weighted by Crippen LogP contribution is -2.71. The van der Waals surface area contributed by atoms with E-state index >= 15 is 0 Å². The third-order valence-corrected chi connectivity index (χ3v) is 9.38. The Hall–Kier alpha value is -3.79. The zero-order chi connectivity index (χ0) is 30.5. The van der Waals surface area contributed by atoms with Crippen LogP contribution in [-0.2, 0) is 20.8 Å². The number of aromatic hydroxyl groups is 1. The van der Waals surface area contributed by atoms with Gasteiger partial charge >= 0.3 is 0 Å². The van der Waals surface area contributed by atoms with Crippen LogP contribution in [0.15, 0.2) is 28.4 Å². The molecule has 3 heterocycles. The lowest BCUT2D eigenvalue weighted by molar-refractivity contribution is -0.125. The van der Waals surface area contributed by atoms with Crippen molar-refractivity contribution >= 4 is 17.5 Å². The summed E-state index contributed by atoms with van der Waals surface area (Å²) in [6.45, 7) is 12.4. The molecule has 1 unspecified atom stereocenters. The molecule has 1 saturated heterocycles. The minimum Gasteiger partial charge on any atom is -0.507 e. The van der Waals surface area contributed by atoms with Gasteiger partial charge in [0.2, 0.25) is 5.91 Å². The van der Waals surface area contributed by atoms with Gasteiger partial charge in [-0.15, -0.1) is 0 Å². The van der Waals surface area contributed by atoms with E-state index in [4.69, 9.17) is 5.26 Å². The van der Waals surface area contributed by atoms with E-state index in [2.05, 4.69) is 27.3 Å². The van der Waals surface area contributed by atoms with Gasteiger partial charge in [0.15, 0.2) is 11.6 Å². The monoisotopic (exact) mass is 557 g/mol. The third-order valence-electron chi connectivity index (χ3n) is 9.38. The van der Waals surface area contributed by atoms with Crippen LogP contribution in [0.1, 0.15) is 69.3 Å². The number of aryl methyl sites for hydroxylation is 1. The number of likely N-dealkylation sites (N-methyl/N-ethyl adjacent to an activating group) is 1. The molecule has 1 aliphatic carbocycles. The van der Waals surface area contributed by atoms with Crippen molar-refractivity contribution in [1.82, 2.24) is 15.1 Å². The van der Waals surface area contributed by atoms with E-state index in [-0.39, 0.29) is 53.8 Å². The van der Waals surface area contributed by atoms with Gasteiger partial charge < -0.3 is 10.4 Å². The fourth-order valence-electron chi connectivity index (χ4n) is 6.98. The van der Waals surface area contributed by atoms with Gasteiger partial charge in [-0.3, -0.25) is 24.2 Å². The number of benzene rings is 1. The number of piperazine rings is 1. The molecule has 41 heavy (non-hydrogen) atoms. The Morgan fingerprint density at radius 3 is 2.29 bits per heavy atom. The second kappa shape index (κ2) is 11.2. The van der Waals surface area contributed by atoms with Crippen molar-refractivity contribution in [3.05, 3.63) is 50.6 Å². The summed E-state index contributed by atoms with van der Waals surface area (Å²) in [6, 6.07) is 4.41. The minimum absolute atomic E-state index is 0.130. The lowest BCUT2D eigenvalue weighted by Gasteiger charge is -2.60. The fraction of sp³-hybridized carbons (Fsp3) is 0.531. The van der Waals surface area contributed by atoms with Crippen molar-refractivity contribution < 1.29 is 19.5 Å². The molecule has 2 bridgehead atoms. The molecule has 216 valence electrons. The molecule has 0 saturated carbocycles. The zero-order valence-electron chi connectivity index (χ0n) is 25.1. The number of nitriles is 2. The summed E-state index contributed by atoms with van der Waals surface area (Å²) in [5.41, 5.74) is 5.44. The Morgan fingerprint density at radius 2 is 1.71 bits per heavy atom. The highest BCUT2D eigenvalue weighted by Crippen LogP contribution is 2.52. The van der Waals surface area contributed by atoms with E-state index in [9.17, 15) is 24.8 Å². The van der Waals surface area contributed by atoms with Crippen LogP contribution < -0.4 is 5.32 Å². The van der Waals surface area contributed by atoms with Gasteiger partial charge in [-0.25, -0.2) is 0 Å². The average Bonchev–Trinajstić information content (AvgIpc) is 2.93. The largest absolute Gasteiger partial charge is 0.507 e. The Kier molecular flexibility index (Phi) is 8.27. The highest BCUT2D eigenvalue weighted by molar-refractivity contribution is 6.25. The number of rotatable bonds is 3. The van der Waals surface area contributed by atoms with E-state index in [1.165, 1.54) is 6.92 Å². The third kappa shape index (κ3) is 4.67. The SMILES string of the molecule is CC#N.CC1=C(C)C(=O)C2=C(CC3[C@H]4c5c(cc(C)c(C)c5O)C[C@@H]([C@H](C#N)N3[C@H]2CNC(=O)C(C)C)N4C)C1=O. The number of ketones is 2. The Morgan fingerprint density at radius 1 is 1.10 bits per heavy atom. The number of nitrogens with one attached hydrogen (secondary N) is 1. The average molecular weight is 558 g/mol. The van der Waals surface area contributed by atoms with Crippen LogP contribution in [0.3, 0.4) is 0 Å². The first kappa shape index (κ1) is 30.2. The quantitative estimate of drug-likeness (QED) is 0.540. The Labute approximate surface area is 242 Å². The molecule has 2 N–H and O–H groups in total. The molecule has 9 nitrogen and oxygen atoms in total. The first-order valence-corrected chi connectivity index (χ1v) is 14.1. The molecule has 0 aromatic heterocycles. The van der Waals surface area contributed by atoms with E-state index in [0.29, 0.717) is 35.1 Å². The normalized spacial score (nSPS) is 27.2. The predicted molar refractivity (Wildman–Crippen MR) is 154 cm³/mol. The van der Waals surface area contributed by atoms with Crippen molar-refractivity contribution in [3.63, 3.8) is 0 Å². The van der Waals surface area contributed by atoms with Crippen LogP contribution in [0.4, 0.5) is 0 Å². The zero-order valence-corrected chi connectivity index (χ0v) is 25.1. The number of carbonyl (C=O) groups excluding carboxylic acids is 3. The van der Waals surface area contributed by atoms with Gasteiger partial charge in [0.1, 0.15) is 11.8 Å². The van der Waals surface area contributed by atoms with Gasteiger partial charge in [-0.2, -0.15) is 10.5 Å². The number of fused-ring (bicyclic) bond motifs is 6. The number of hydrogen-bond acceptors (Lipinski definition) is 8. The topological polar surface area (TPSA) is 138 Å². The summed E-state index contributed by atoms with van der Waals surface area (Å²) in [6.07, 6.45) is 0.880. The van der Waals surface area contributed by atoms with E-state index in [0.717, 1.165) is 22.3 Å². The molecule has 5 rings (SSSR count). The summed E-state index contributed by atoms with van der Waals surface area (Å²) in [4.78, 5) is 44.2. The number of phenolic OH excluding ortho intramolecular Hbond substituents is 1. The predicted octanol–water partition coefficient (Wildman–Crippen LogP) is 3.34. The molecule has 0 radical (unpaired) electrons. The van der Waals surface area contributed by atoms with E-state index in [1.807, 2.05) is 20.9 Å². The van der Waals surface area contributed by atoms with Crippen LogP contribution in [0.2, 0.25) is 0 Å². The van der Waals surface area contributed by atoms with Gasteiger partial charge in [0.25, 0.3) is 0 Å². The Bertz CT molecular complexity index is 1470. The minimum atomic E-state index is -0.621. The van der Waals surface area contributed by atoms with Gasteiger partial charge in [-0.1, -0.05) is 19.9 Å². The Balaban J connectivity index is 0.00000124. The lowest BCUT2D eigenvalue weighted by atomic mass is 9.69. The van der Waals surface area contributed by atoms with Crippen LogP contribution in [-0.4, -0.2) is 70.1 Å². The number of nitrogens with zero attached hydrogens (tertiary/aromatic N) is 4. The molecule has 0 spiro atoms. The van der Waals surface area contributed by atoms with Gasteiger partial charge in [-0.05, 0) is 64.3 Å². The number of carbonyl (C=O) groups is 3. The van der Waals surface area contributed by atoms with Crippen LogP contribution in [0.5, 0.6) is 5.75 Å². The van der Waals surface area contributed by atoms with Crippen LogP contribution >= 0.6 is 0 Å². The van der Waals surface area contributed by atoms with Crippen molar-refractivity contribution in [2.45, 2.75) is 91.5 Å². The second-order valence-electron chi connectivity index (χ2n) is 11.9. The molecule has 5 atom stereocenters. The summed E-state index contributed by atoms with van der Waals surface area (Å²) >= 11 is 0. The first-order chi connectivity index (χ1) is 19.3. The summed E-state index contributed by atoms with van der Waals surface area (Å²) < 4.78 is 0. The van der Waals surface area contributed by atoms with Crippen LogP contribution in [0, 0.1) is 42.4 Å². The highest BCUT2D eigenvalue weighted by atomic mass is 16.3. The number of phenols is 1. The van der Waals surface area contributed by atoms with Crippen molar-refractivity contribution in [2.75, 3.05) is 13.6 Å². The molecule has 1 fully saturated rings. The maximum atomic E-state index is 13.7. The number of allylic oxidation sites excluding steroid dienone is 2. The molecule has 1 aromatic rings. The van der Waals surface area contributed by atoms with E-state index in [1.54, 1.807) is 33.8 Å². The fourth-order valence-corrected chi connectivity index (χ4v) is 6.98. The standard InChI is InChI=1S/C30H36N4O4.C2H3N/c1-13(2)30(38)32-12-23-25-19(27(35)16(5)17(6)29(25)37)10-21-26-24-18(8-14(3)15(4)28(24)36)9-20(33(26)7)22(11-31)34(21)23;1-2-3/h8,13,20-23,26,36H,9-10,12H2,1-7H3,(H,32,38);1H3/t20-,21?,22-,23-,26-;/m0./s1. The van der Waals surface area contributed by atoms with Gasteiger partial charge in [0, 0.05) is 59.3 Å². The maximum absolute atomic E-state index is 13.7. The summed E-state index contributed by atoms with van der Waals surface area (Å²) in [5, 5.41) is 32.2. The number of amides is 1. The molecular formula is C32H39N5O4. The molecule has 1 amide bonds. The van der Waals surface area contributed by atoms with Gasteiger partial charge in [0.05, 0.1) is 24.2 Å². The summed E-state index contributed by atoms with van der Waals surface area (Å²) in [5.74, 6) is -0.466. The molecular weight excluding hydrogens is 518 g/mol. The van der Waals surface area contributed by atoms with Crippen molar-refractivity contribution in [2.24, 2.45) is 5.92 Å².